The normalized spacial score (nSPS) is 48.8. The maximum atomic E-state index is 14.4. The highest BCUT2D eigenvalue weighted by Gasteiger charge is 2.55. The van der Waals surface area contributed by atoms with Crippen LogP contribution >= 0.6 is 0 Å². The summed E-state index contributed by atoms with van der Waals surface area (Å²) >= 11 is 0. The largest absolute Gasteiger partial charge is 0.380 e. The number of nitrogens with one attached hydrogen (secondary N) is 3. The average Bonchev–Trinajstić information content (AvgIpc) is 3.14. The molecule has 11 unspecified atom stereocenters. The number of carbonyl (C=O) groups excluding carboxylic acids is 1. The maximum Gasteiger partial charge on any atom is 0.223 e. The molecule has 2 aliphatic carbocycles. The van der Waals surface area contributed by atoms with Crippen molar-refractivity contribution < 1.29 is 22.7 Å². The van der Waals surface area contributed by atoms with Crippen molar-refractivity contribution >= 4 is 5.91 Å². The van der Waals surface area contributed by atoms with Crippen LogP contribution in [0.25, 0.3) is 0 Å². The number of rotatable bonds is 4. The molecule has 3 N–H and O–H groups in total. The van der Waals surface area contributed by atoms with Crippen molar-refractivity contribution in [3.63, 3.8) is 0 Å². The minimum Gasteiger partial charge on any atom is -0.380 e. The first-order chi connectivity index (χ1) is 14.3. The van der Waals surface area contributed by atoms with Gasteiger partial charge in [-0.2, -0.15) is 0 Å². The van der Waals surface area contributed by atoms with Gasteiger partial charge in [-0.1, -0.05) is 0 Å². The van der Waals surface area contributed by atoms with Crippen LogP contribution in [-0.2, 0) is 9.53 Å². The third kappa shape index (κ3) is 3.99. The smallest absolute Gasteiger partial charge is 0.223 e. The fourth-order valence-electron chi connectivity index (χ4n) is 6.64. The lowest BCUT2D eigenvalue weighted by atomic mass is 9.66. The summed E-state index contributed by atoms with van der Waals surface area (Å²) in [5.41, 5.74) is 0. The maximum absolute atomic E-state index is 14.4. The molecule has 4 rings (SSSR count). The quantitative estimate of drug-likeness (QED) is 0.639. The Kier molecular flexibility index (Phi) is 6.66. The van der Waals surface area contributed by atoms with E-state index in [1.165, 1.54) is 0 Å². The van der Waals surface area contributed by atoms with Crippen LogP contribution in [0.3, 0.4) is 0 Å². The predicted octanol–water partition coefficient (Wildman–Crippen LogP) is 2.30. The van der Waals surface area contributed by atoms with Crippen molar-refractivity contribution in [3.8, 4) is 0 Å². The van der Waals surface area contributed by atoms with E-state index in [2.05, 4.69) is 16.0 Å². The molecule has 0 spiro atoms. The number of hydrogen-bond acceptors (Lipinski definition) is 4. The minimum atomic E-state index is -2.03. The lowest BCUT2D eigenvalue weighted by Gasteiger charge is -2.49. The molecule has 2 saturated carbocycles. The van der Waals surface area contributed by atoms with E-state index in [4.69, 9.17) is 4.74 Å². The molecule has 2 aliphatic heterocycles. The van der Waals surface area contributed by atoms with E-state index >= 15 is 0 Å². The Morgan fingerprint density at radius 1 is 1.00 bits per heavy atom. The summed E-state index contributed by atoms with van der Waals surface area (Å²) in [5, 5.41) is 9.92. The Bertz CT molecular complexity index is 624. The first-order valence-electron chi connectivity index (χ1n) is 11.6. The number of hydrogen-bond donors (Lipinski definition) is 3. The van der Waals surface area contributed by atoms with Crippen molar-refractivity contribution in [1.82, 2.24) is 16.0 Å². The summed E-state index contributed by atoms with van der Waals surface area (Å²) in [6, 6.07) is -0.362. The number of methoxy groups -OCH3 is 1. The Balaban J connectivity index is 1.47. The molecule has 5 nitrogen and oxygen atoms in total. The van der Waals surface area contributed by atoms with Gasteiger partial charge < -0.3 is 20.7 Å². The van der Waals surface area contributed by atoms with Gasteiger partial charge in [-0.15, -0.1) is 0 Å². The monoisotopic (exact) mass is 431 g/mol. The molecular weight excluding hydrogens is 395 g/mol. The lowest BCUT2D eigenvalue weighted by molar-refractivity contribution is -0.132. The van der Waals surface area contributed by atoms with Crippen molar-refractivity contribution in [2.45, 2.75) is 94.7 Å². The Morgan fingerprint density at radius 3 is 2.47 bits per heavy atom. The summed E-state index contributed by atoms with van der Waals surface area (Å²) in [6.07, 6.45) is -2.09. The van der Waals surface area contributed by atoms with Crippen molar-refractivity contribution in [2.24, 2.45) is 23.7 Å². The van der Waals surface area contributed by atoms with Gasteiger partial charge in [0.15, 0.2) is 6.17 Å². The molecule has 11 atom stereocenters. The molecule has 0 aromatic carbocycles. The van der Waals surface area contributed by atoms with Crippen LogP contribution in [0.4, 0.5) is 13.2 Å². The van der Waals surface area contributed by atoms with Crippen LogP contribution in [0, 0.1) is 23.7 Å². The van der Waals surface area contributed by atoms with E-state index in [1.54, 1.807) is 7.11 Å². The van der Waals surface area contributed by atoms with Crippen LogP contribution in [0.5, 0.6) is 0 Å². The van der Waals surface area contributed by atoms with Gasteiger partial charge in [0, 0.05) is 43.7 Å². The summed E-state index contributed by atoms with van der Waals surface area (Å²) < 4.78 is 48.1. The highest BCUT2D eigenvalue weighted by molar-refractivity contribution is 5.79. The van der Waals surface area contributed by atoms with E-state index < -0.39 is 24.6 Å². The fourth-order valence-corrected chi connectivity index (χ4v) is 6.64. The molecule has 0 bridgehead atoms. The van der Waals surface area contributed by atoms with Crippen LogP contribution < -0.4 is 16.0 Å². The number of halogens is 3. The molecule has 2 heterocycles. The number of alkyl halides is 3. The third-order valence-electron chi connectivity index (χ3n) is 8.04. The van der Waals surface area contributed by atoms with Crippen molar-refractivity contribution in [3.05, 3.63) is 0 Å². The van der Waals surface area contributed by atoms with Crippen molar-refractivity contribution in [1.29, 1.82) is 0 Å². The Hall–Kier alpha value is -0.860. The van der Waals surface area contributed by atoms with E-state index in [0.717, 1.165) is 25.7 Å². The van der Waals surface area contributed by atoms with Gasteiger partial charge in [0.1, 0.15) is 12.3 Å². The molecule has 8 heteroatoms. The summed E-state index contributed by atoms with van der Waals surface area (Å²) in [6.45, 7) is 4.51. The van der Waals surface area contributed by atoms with Gasteiger partial charge in [-0.25, -0.2) is 13.2 Å². The molecule has 4 fully saturated rings. The second-order valence-corrected chi connectivity index (χ2v) is 10.1. The number of amides is 1. The fraction of sp³-hybridized carbons (Fsp3) is 0.955. The van der Waals surface area contributed by atoms with Gasteiger partial charge in [0.2, 0.25) is 5.91 Å². The van der Waals surface area contributed by atoms with E-state index in [9.17, 15) is 18.0 Å². The first kappa shape index (κ1) is 22.3. The highest BCUT2D eigenvalue weighted by Crippen LogP contribution is 2.44. The summed E-state index contributed by atoms with van der Waals surface area (Å²) in [7, 11) is 1.71. The summed E-state index contributed by atoms with van der Waals surface area (Å²) in [5.74, 6) is 0.106. The third-order valence-corrected chi connectivity index (χ3v) is 8.04. The molecular formula is C22H36F3N3O2. The second kappa shape index (κ2) is 8.94. The van der Waals surface area contributed by atoms with Crippen LogP contribution in [0.1, 0.15) is 46.0 Å². The van der Waals surface area contributed by atoms with E-state index in [0.29, 0.717) is 6.54 Å². The predicted molar refractivity (Wildman–Crippen MR) is 108 cm³/mol. The molecule has 0 aromatic rings. The SMILES string of the molecule is COC1CCC(C(=O)NC(C)C)C2CCC(C3CNC4C(F)C(F)C(F)CC34)NC12. The molecule has 0 aromatic heterocycles. The number of piperidine rings is 1. The van der Waals surface area contributed by atoms with E-state index in [-0.39, 0.29) is 60.2 Å². The second-order valence-electron chi connectivity index (χ2n) is 10.1. The van der Waals surface area contributed by atoms with Gasteiger partial charge in [0.25, 0.3) is 0 Å². The highest BCUT2D eigenvalue weighted by atomic mass is 19.2. The van der Waals surface area contributed by atoms with Crippen LogP contribution in [0.2, 0.25) is 0 Å². The molecule has 1 amide bonds. The minimum absolute atomic E-state index is 0.0236. The standard InChI is InChI=1S/C22H36F3N3O2/c1-10(2)27-22(29)12-5-7-17(30-3)20-11(12)4-6-16(28-20)14-9-26-21-13(14)8-15(23)18(24)19(21)25/h10-21,26,28H,4-9H2,1-3H3,(H,27,29). The molecule has 172 valence electrons. The number of fused-ring (bicyclic) bond motifs is 2. The van der Waals surface area contributed by atoms with Gasteiger partial charge in [0.05, 0.1) is 6.10 Å². The number of ether oxygens (including phenoxy) is 1. The molecule has 0 radical (unpaired) electrons. The summed E-state index contributed by atoms with van der Waals surface area (Å²) in [4.78, 5) is 12.8. The topological polar surface area (TPSA) is 62.4 Å². The van der Waals surface area contributed by atoms with Gasteiger partial charge in [-0.05, 0) is 63.7 Å². The number of carbonyl (C=O) groups is 1. The Labute approximate surface area is 177 Å². The van der Waals surface area contributed by atoms with Gasteiger partial charge in [-0.3, -0.25) is 4.79 Å². The molecule has 2 saturated heterocycles. The van der Waals surface area contributed by atoms with Gasteiger partial charge >= 0.3 is 0 Å². The van der Waals surface area contributed by atoms with E-state index in [1.807, 2.05) is 13.8 Å². The van der Waals surface area contributed by atoms with Crippen molar-refractivity contribution in [2.75, 3.05) is 13.7 Å². The zero-order chi connectivity index (χ0) is 21.6. The lowest BCUT2D eigenvalue weighted by Crippen LogP contribution is -2.62. The zero-order valence-corrected chi connectivity index (χ0v) is 18.1. The van der Waals surface area contributed by atoms with Crippen LogP contribution in [-0.4, -0.2) is 68.3 Å². The Morgan fingerprint density at radius 2 is 1.77 bits per heavy atom. The zero-order valence-electron chi connectivity index (χ0n) is 18.1. The average molecular weight is 432 g/mol. The molecule has 4 aliphatic rings. The van der Waals surface area contributed by atoms with Crippen LogP contribution in [0.15, 0.2) is 0 Å². The molecule has 30 heavy (non-hydrogen) atoms. The first-order valence-corrected chi connectivity index (χ1v) is 11.6.